The number of rotatable bonds is 7. The molecule has 1 aliphatic rings. The van der Waals surface area contributed by atoms with Gasteiger partial charge >= 0.3 is 0 Å². The third-order valence-electron chi connectivity index (χ3n) is 4.39. The van der Waals surface area contributed by atoms with Gasteiger partial charge in [0.15, 0.2) is 11.6 Å². The SMILES string of the molecule is O=C(CNCC1CC1)Nc1ccccc1-c1nc(-c2ccccc2)n[nH]1. The molecular weight excluding hydrogens is 326 g/mol. The number of amides is 1. The van der Waals surface area contributed by atoms with Crippen molar-refractivity contribution < 1.29 is 4.79 Å². The van der Waals surface area contributed by atoms with Crippen LogP contribution in [0.4, 0.5) is 5.69 Å². The topological polar surface area (TPSA) is 82.7 Å². The van der Waals surface area contributed by atoms with Gasteiger partial charge in [0.1, 0.15) is 0 Å². The molecule has 0 bridgehead atoms. The maximum absolute atomic E-state index is 12.2. The second-order valence-electron chi connectivity index (χ2n) is 6.54. The van der Waals surface area contributed by atoms with Crippen LogP contribution in [0.25, 0.3) is 22.8 Å². The molecule has 0 spiro atoms. The average molecular weight is 347 g/mol. The number of carbonyl (C=O) groups is 1. The number of para-hydroxylation sites is 1. The van der Waals surface area contributed by atoms with E-state index in [1.807, 2.05) is 54.6 Å². The van der Waals surface area contributed by atoms with Crippen LogP contribution in [0.5, 0.6) is 0 Å². The Morgan fingerprint density at radius 1 is 1.08 bits per heavy atom. The molecule has 0 unspecified atom stereocenters. The lowest BCUT2D eigenvalue weighted by Gasteiger charge is -2.09. The summed E-state index contributed by atoms with van der Waals surface area (Å²) in [5.74, 6) is 1.96. The molecule has 1 aliphatic carbocycles. The maximum Gasteiger partial charge on any atom is 0.238 e. The van der Waals surface area contributed by atoms with Gasteiger partial charge in [-0.2, -0.15) is 5.10 Å². The molecule has 132 valence electrons. The highest BCUT2D eigenvalue weighted by atomic mass is 16.1. The Balaban J connectivity index is 1.48. The van der Waals surface area contributed by atoms with E-state index in [0.717, 1.165) is 29.3 Å². The third-order valence-corrected chi connectivity index (χ3v) is 4.39. The van der Waals surface area contributed by atoms with Crippen LogP contribution in [0.15, 0.2) is 54.6 Å². The van der Waals surface area contributed by atoms with Crippen LogP contribution in [-0.2, 0) is 4.79 Å². The first kappa shape index (κ1) is 16.5. The fraction of sp³-hybridized carbons (Fsp3) is 0.250. The second-order valence-corrected chi connectivity index (χ2v) is 6.54. The molecule has 1 aromatic heterocycles. The lowest BCUT2D eigenvalue weighted by Crippen LogP contribution is -2.29. The Bertz CT molecular complexity index is 886. The third kappa shape index (κ3) is 3.97. The Morgan fingerprint density at radius 3 is 2.65 bits per heavy atom. The van der Waals surface area contributed by atoms with E-state index in [1.54, 1.807) is 0 Å². The molecule has 6 nitrogen and oxygen atoms in total. The number of aromatic amines is 1. The van der Waals surface area contributed by atoms with Crippen LogP contribution in [0.2, 0.25) is 0 Å². The Kier molecular flexibility index (Phi) is 4.75. The molecule has 1 heterocycles. The van der Waals surface area contributed by atoms with Gasteiger partial charge in [-0.3, -0.25) is 9.89 Å². The first-order valence-corrected chi connectivity index (χ1v) is 8.87. The molecule has 4 rings (SSSR count). The largest absolute Gasteiger partial charge is 0.324 e. The summed E-state index contributed by atoms with van der Waals surface area (Å²) in [4.78, 5) is 16.8. The standard InChI is InChI=1S/C20H21N5O/c26-18(13-21-12-14-10-11-14)22-17-9-5-4-8-16(17)20-23-19(24-25-20)15-6-2-1-3-7-15/h1-9,14,21H,10-13H2,(H,22,26)(H,23,24,25). The fourth-order valence-electron chi connectivity index (χ4n) is 2.80. The molecule has 0 aliphatic heterocycles. The van der Waals surface area contributed by atoms with E-state index in [0.29, 0.717) is 18.2 Å². The van der Waals surface area contributed by atoms with E-state index >= 15 is 0 Å². The molecule has 0 saturated heterocycles. The number of carbonyl (C=O) groups excluding carboxylic acids is 1. The first-order valence-electron chi connectivity index (χ1n) is 8.87. The van der Waals surface area contributed by atoms with Crippen LogP contribution in [-0.4, -0.2) is 34.2 Å². The Labute approximate surface area is 152 Å². The quantitative estimate of drug-likeness (QED) is 0.613. The highest BCUT2D eigenvalue weighted by molar-refractivity contribution is 5.96. The summed E-state index contributed by atoms with van der Waals surface area (Å²) in [6.45, 7) is 1.23. The molecule has 3 N–H and O–H groups in total. The highest BCUT2D eigenvalue weighted by Crippen LogP contribution is 2.28. The van der Waals surface area contributed by atoms with E-state index < -0.39 is 0 Å². The number of benzene rings is 2. The summed E-state index contributed by atoms with van der Waals surface area (Å²) in [6, 6.07) is 17.4. The van der Waals surface area contributed by atoms with Crippen molar-refractivity contribution in [2.45, 2.75) is 12.8 Å². The van der Waals surface area contributed by atoms with Crippen LogP contribution < -0.4 is 10.6 Å². The smallest absolute Gasteiger partial charge is 0.238 e. The number of nitrogens with one attached hydrogen (secondary N) is 3. The van der Waals surface area contributed by atoms with Gasteiger partial charge in [-0.15, -0.1) is 0 Å². The summed E-state index contributed by atoms with van der Waals surface area (Å²) >= 11 is 0. The van der Waals surface area contributed by atoms with Crippen molar-refractivity contribution in [2.24, 2.45) is 5.92 Å². The molecule has 0 atom stereocenters. The van der Waals surface area contributed by atoms with Crippen molar-refractivity contribution in [3.05, 3.63) is 54.6 Å². The number of aromatic nitrogens is 3. The van der Waals surface area contributed by atoms with Gasteiger partial charge in [0, 0.05) is 11.1 Å². The predicted octanol–water partition coefficient (Wildman–Crippen LogP) is 3.08. The Hall–Kier alpha value is -2.99. The molecule has 2 aromatic carbocycles. The van der Waals surface area contributed by atoms with Crippen molar-refractivity contribution in [1.29, 1.82) is 0 Å². The normalized spacial score (nSPS) is 13.5. The van der Waals surface area contributed by atoms with E-state index in [9.17, 15) is 4.79 Å². The van der Waals surface area contributed by atoms with Gasteiger partial charge in [-0.25, -0.2) is 4.98 Å². The van der Waals surface area contributed by atoms with Gasteiger partial charge in [-0.05, 0) is 37.4 Å². The molecular formula is C20H21N5O. The summed E-state index contributed by atoms with van der Waals surface area (Å²) in [5, 5.41) is 13.4. The average Bonchev–Trinajstić information content (AvgIpc) is 3.36. The summed E-state index contributed by atoms with van der Waals surface area (Å²) < 4.78 is 0. The molecule has 3 aromatic rings. The highest BCUT2D eigenvalue weighted by Gasteiger charge is 2.20. The summed E-state index contributed by atoms with van der Waals surface area (Å²) in [6.07, 6.45) is 2.54. The predicted molar refractivity (Wildman–Crippen MR) is 101 cm³/mol. The van der Waals surface area contributed by atoms with E-state index in [-0.39, 0.29) is 5.91 Å². The maximum atomic E-state index is 12.2. The van der Waals surface area contributed by atoms with Crippen LogP contribution >= 0.6 is 0 Å². The zero-order valence-electron chi connectivity index (χ0n) is 14.4. The minimum absolute atomic E-state index is 0.0547. The van der Waals surface area contributed by atoms with Crippen molar-refractivity contribution >= 4 is 11.6 Å². The molecule has 1 amide bonds. The van der Waals surface area contributed by atoms with Crippen LogP contribution in [0, 0.1) is 5.92 Å². The number of anilines is 1. The van der Waals surface area contributed by atoms with Gasteiger partial charge < -0.3 is 10.6 Å². The van der Waals surface area contributed by atoms with Crippen molar-refractivity contribution in [2.75, 3.05) is 18.4 Å². The van der Waals surface area contributed by atoms with Gasteiger partial charge in [0.2, 0.25) is 5.91 Å². The van der Waals surface area contributed by atoms with Crippen molar-refractivity contribution in [3.8, 4) is 22.8 Å². The summed E-state index contributed by atoms with van der Waals surface area (Å²) in [5.41, 5.74) is 2.49. The van der Waals surface area contributed by atoms with Crippen LogP contribution in [0.3, 0.4) is 0 Å². The molecule has 26 heavy (non-hydrogen) atoms. The molecule has 1 fully saturated rings. The van der Waals surface area contributed by atoms with Gasteiger partial charge in [0.05, 0.1) is 12.2 Å². The van der Waals surface area contributed by atoms with Gasteiger partial charge in [-0.1, -0.05) is 42.5 Å². The van der Waals surface area contributed by atoms with E-state index in [1.165, 1.54) is 12.8 Å². The number of H-pyrrole nitrogens is 1. The van der Waals surface area contributed by atoms with E-state index in [2.05, 4.69) is 25.8 Å². The monoisotopic (exact) mass is 347 g/mol. The van der Waals surface area contributed by atoms with Crippen molar-refractivity contribution in [1.82, 2.24) is 20.5 Å². The zero-order chi connectivity index (χ0) is 17.8. The first-order chi connectivity index (χ1) is 12.8. The second kappa shape index (κ2) is 7.49. The van der Waals surface area contributed by atoms with Crippen molar-refractivity contribution in [3.63, 3.8) is 0 Å². The minimum Gasteiger partial charge on any atom is -0.324 e. The summed E-state index contributed by atoms with van der Waals surface area (Å²) in [7, 11) is 0. The lowest BCUT2D eigenvalue weighted by atomic mass is 10.1. The number of hydrogen-bond acceptors (Lipinski definition) is 4. The fourth-order valence-corrected chi connectivity index (χ4v) is 2.80. The van der Waals surface area contributed by atoms with Gasteiger partial charge in [0.25, 0.3) is 0 Å². The molecule has 0 radical (unpaired) electrons. The molecule has 1 saturated carbocycles. The lowest BCUT2D eigenvalue weighted by molar-refractivity contribution is -0.115. The zero-order valence-corrected chi connectivity index (χ0v) is 14.4. The number of nitrogens with zero attached hydrogens (tertiary/aromatic N) is 2. The Morgan fingerprint density at radius 2 is 1.85 bits per heavy atom. The van der Waals surface area contributed by atoms with E-state index in [4.69, 9.17) is 0 Å². The number of hydrogen-bond donors (Lipinski definition) is 3. The molecule has 6 heteroatoms. The van der Waals surface area contributed by atoms with Crippen LogP contribution in [0.1, 0.15) is 12.8 Å². The minimum atomic E-state index is -0.0547.